The van der Waals surface area contributed by atoms with Gasteiger partial charge in [-0.1, -0.05) is 0 Å². The molecule has 2 N–H and O–H groups in total. The minimum atomic E-state index is -0.465. The highest BCUT2D eigenvalue weighted by atomic mass is 16.3. The number of aliphatic hydroxyl groups excluding tert-OH is 1. The second-order valence-electron chi connectivity index (χ2n) is 3.06. The molecule has 66 valence electrons. The molecule has 0 heterocycles. The smallest absolute Gasteiger partial charge is 0.245 e. The SMILES string of the molecule is N#CC1CCC(NC(=O)CO)C1. The second-order valence-corrected chi connectivity index (χ2v) is 3.06. The fraction of sp³-hybridized carbons (Fsp3) is 0.750. The van der Waals surface area contributed by atoms with Gasteiger partial charge in [0.25, 0.3) is 0 Å². The van der Waals surface area contributed by atoms with Crippen LogP contribution in [0.15, 0.2) is 0 Å². The molecule has 0 aromatic carbocycles. The normalized spacial score (nSPS) is 28.0. The van der Waals surface area contributed by atoms with Gasteiger partial charge in [-0.2, -0.15) is 5.26 Å². The van der Waals surface area contributed by atoms with Crippen molar-refractivity contribution in [2.45, 2.75) is 25.3 Å². The van der Waals surface area contributed by atoms with E-state index in [2.05, 4.69) is 11.4 Å². The Labute approximate surface area is 71.2 Å². The number of hydrogen-bond donors (Lipinski definition) is 2. The Kier molecular flexibility index (Phi) is 3.06. The summed E-state index contributed by atoms with van der Waals surface area (Å²) in [4.78, 5) is 10.7. The highest BCUT2D eigenvalue weighted by Gasteiger charge is 2.25. The number of carbonyl (C=O) groups is 1. The van der Waals surface area contributed by atoms with E-state index in [1.54, 1.807) is 0 Å². The number of rotatable bonds is 2. The third kappa shape index (κ3) is 2.21. The number of nitriles is 1. The van der Waals surface area contributed by atoms with E-state index in [1.807, 2.05) is 0 Å². The van der Waals surface area contributed by atoms with E-state index in [9.17, 15) is 4.79 Å². The zero-order valence-electron chi connectivity index (χ0n) is 6.79. The van der Waals surface area contributed by atoms with Gasteiger partial charge in [0.1, 0.15) is 6.61 Å². The first-order valence-electron chi connectivity index (χ1n) is 4.06. The minimum Gasteiger partial charge on any atom is -0.387 e. The molecule has 1 amide bonds. The van der Waals surface area contributed by atoms with Gasteiger partial charge in [0.15, 0.2) is 0 Å². The summed E-state index contributed by atoms with van der Waals surface area (Å²) in [5, 5.41) is 19.7. The lowest BCUT2D eigenvalue weighted by atomic mass is 10.1. The second kappa shape index (κ2) is 4.07. The first-order valence-corrected chi connectivity index (χ1v) is 4.06. The number of aliphatic hydroxyl groups is 1. The summed E-state index contributed by atoms with van der Waals surface area (Å²) in [5.41, 5.74) is 0. The van der Waals surface area contributed by atoms with Crippen molar-refractivity contribution in [3.05, 3.63) is 0 Å². The minimum absolute atomic E-state index is 0.0778. The molecule has 0 radical (unpaired) electrons. The summed E-state index contributed by atoms with van der Waals surface area (Å²) in [6.07, 6.45) is 2.43. The van der Waals surface area contributed by atoms with Crippen molar-refractivity contribution in [1.29, 1.82) is 5.26 Å². The van der Waals surface area contributed by atoms with Crippen LogP contribution in [-0.2, 0) is 4.79 Å². The van der Waals surface area contributed by atoms with Gasteiger partial charge in [-0.05, 0) is 19.3 Å². The van der Waals surface area contributed by atoms with Crippen molar-refractivity contribution < 1.29 is 9.90 Å². The molecule has 1 aliphatic rings. The van der Waals surface area contributed by atoms with E-state index in [0.29, 0.717) is 0 Å². The van der Waals surface area contributed by atoms with Crippen LogP contribution in [0.1, 0.15) is 19.3 Å². The van der Waals surface area contributed by atoms with Crippen molar-refractivity contribution in [1.82, 2.24) is 5.32 Å². The molecule has 1 saturated carbocycles. The first kappa shape index (κ1) is 9.01. The van der Waals surface area contributed by atoms with Gasteiger partial charge in [-0.25, -0.2) is 0 Å². The maximum Gasteiger partial charge on any atom is 0.245 e. The third-order valence-corrected chi connectivity index (χ3v) is 2.12. The Morgan fingerprint density at radius 3 is 2.92 bits per heavy atom. The monoisotopic (exact) mass is 168 g/mol. The van der Waals surface area contributed by atoms with Crippen molar-refractivity contribution in [3.8, 4) is 6.07 Å². The fourth-order valence-corrected chi connectivity index (χ4v) is 1.50. The zero-order chi connectivity index (χ0) is 8.97. The molecule has 0 saturated heterocycles. The Balaban J connectivity index is 2.29. The summed E-state index contributed by atoms with van der Waals surface area (Å²) >= 11 is 0. The predicted octanol–water partition coefficient (Wildman–Crippen LogP) is -0.213. The molecule has 0 aromatic heterocycles. The van der Waals surface area contributed by atoms with Crippen LogP contribution < -0.4 is 5.32 Å². The Morgan fingerprint density at radius 1 is 1.67 bits per heavy atom. The van der Waals surface area contributed by atoms with Gasteiger partial charge in [0.2, 0.25) is 5.91 Å². The van der Waals surface area contributed by atoms with Crippen LogP contribution in [0.4, 0.5) is 0 Å². The Bertz CT molecular complexity index is 210. The number of amides is 1. The largest absolute Gasteiger partial charge is 0.387 e. The van der Waals surface area contributed by atoms with E-state index in [4.69, 9.17) is 10.4 Å². The van der Waals surface area contributed by atoms with Crippen molar-refractivity contribution in [2.24, 2.45) is 5.92 Å². The van der Waals surface area contributed by atoms with E-state index < -0.39 is 6.61 Å². The molecule has 1 fully saturated rings. The summed E-state index contributed by atoms with van der Waals surface area (Å²) in [5.74, 6) is -0.271. The van der Waals surface area contributed by atoms with E-state index in [-0.39, 0.29) is 17.9 Å². The highest BCUT2D eigenvalue weighted by Crippen LogP contribution is 2.24. The Hall–Kier alpha value is -1.08. The lowest BCUT2D eigenvalue weighted by molar-refractivity contribution is -0.124. The van der Waals surface area contributed by atoms with Crippen LogP contribution in [0.25, 0.3) is 0 Å². The third-order valence-electron chi connectivity index (χ3n) is 2.12. The molecule has 0 bridgehead atoms. The highest BCUT2D eigenvalue weighted by molar-refractivity contribution is 5.77. The summed E-state index contributed by atoms with van der Waals surface area (Å²) in [6, 6.07) is 2.26. The molecule has 1 aliphatic carbocycles. The molecule has 2 atom stereocenters. The number of hydrogen-bond acceptors (Lipinski definition) is 3. The molecule has 12 heavy (non-hydrogen) atoms. The first-order chi connectivity index (χ1) is 5.76. The maximum atomic E-state index is 10.7. The van der Waals surface area contributed by atoms with Crippen LogP contribution >= 0.6 is 0 Å². The van der Waals surface area contributed by atoms with Crippen molar-refractivity contribution >= 4 is 5.91 Å². The van der Waals surface area contributed by atoms with Crippen LogP contribution in [0, 0.1) is 17.2 Å². The molecule has 1 rings (SSSR count). The lowest BCUT2D eigenvalue weighted by Gasteiger charge is -2.09. The number of nitrogens with one attached hydrogen (secondary N) is 1. The number of nitrogens with zero attached hydrogens (tertiary/aromatic N) is 1. The fourth-order valence-electron chi connectivity index (χ4n) is 1.50. The van der Waals surface area contributed by atoms with Gasteiger partial charge >= 0.3 is 0 Å². The zero-order valence-corrected chi connectivity index (χ0v) is 6.79. The molecule has 0 aromatic rings. The summed E-state index contributed by atoms with van der Waals surface area (Å²) < 4.78 is 0. The van der Waals surface area contributed by atoms with Gasteiger partial charge in [-0.15, -0.1) is 0 Å². The van der Waals surface area contributed by atoms with Crippen LogP contribution in [0.2, 0.25) is 0 Å². The summed E-state index contributed by atoms with van der Waals surface area (Å²) in [6.45, 7) is -0.465. The Morgan fingerprint density at radius 2 is 2.42 bits per heavy atom. The van der Waals surface area contributed by atoms with Crippen molar-refractivity contribution in [2.75, 3.05) is 6.61 Å². The topological polar surface area (TPSA) is 73.1 Å². The standard InChI is InChI=1S/C8H12N2O2/c9-4-6-1-2-7(3-6)10-8(12)5-11/h6-7,11H,1-3,5H2,(H,10,12). The molecule has 4 heteroatoms. The predicted molar refractivity (Wildman–Crippen MR) is 42.0 cm³/mol. The van der Waals surface area contributed by atoms with Crippen LogP contribution in [0.5, 0.6) is 0 Å². The van der Waals surface area contributed by atoms with E-state index in [1.165, 1.54) is 0 Å². The lowest BCUT2D eigenvalue weighted by Crippen LogP contribution is -2.34. The quantitative estimate of drug-likeness (QED) is 0.599. The molecule has 4 nitrogen and oxygen atoms in total. The van der Waals surface area contributed by atoms with Gasteiger partial charge < -0.3 is 10.4 Å². The molecule has 2 unspecified atom stereocenters. The molecule has 0 spiro atoms. The number of carbonyl (C=O) groups excluding carboxylic acids is 1. The van der Waals surface area contributed by atoms with Gasteiger partial charge in [0, 0.05) is 12.0 Å². The van der Waals surface area contributed by atoms with Crippen LogP contribution in [-0.4, -0.2) is 23.7 Å². The van der Waals surface area contributed by atoms with Crippen LogP contribution in [0.3, 0.4) is 0 Å². The van der Waals surface area contributed by atoms with E-state index >= 15 is 0 Å². The summed E-state index contributed by atoms with van der Waals surface area (Å²) in [7, 11) is 0. The molecule has 0 aliphatic heterocycles. The molecular formula is C8H12N2O2. The average molecular weight is 168 g/mol. The van der Waals surface area contributed by atoms with Crippen molar-refractivity contribution in [3.63, 3.8) is 0 Å². The van der Waals surface area contributed by atoms with Gasteiger partial charge in [-0.3, -0.25) is 4.79 Å². The van der Waals surface area contributed by atoms with Gasteiger partial charge in [0.05, 0.1) is 6.07 Å². The molecular weight excluding hydrogens is 156 g/mol. The average Bonchev–Trinajstić information content (AvgIpc) is 2.52. The maximum absolute atomic E-state index is 10.7. The van der Waals surface area contributed by atoms with E-state index in [0.717, 1.165) is 19.3 Å².